The summed E-state index contributed by atoms with van der Waals surface area (Å²) in [5.41, 5.74) is 2.66. The molecule has 5 nitrogen and oxygen atoms in total. The number of hydrogen-bond donors (Lipinski definition) is 3. The van der Waals surface area contributed by atoms with Crippen molar-refractivity contribution in [1.82, 2.24) is 10.8 Å². The molecule has 5 heteroatoms. The number of carbonyl (C=O) groups excluding carboxylic acids is 1. The first kappa shape index (κ1) is 15.0. The zero-order valence-electron chi connectivity index (χ0n) is 11.6. The van der Waals surface area contributed by atoms with Crippen LogP contribution in [-0.4, -0.2) is 17.7 Å². The lowest BCUT2D eigenvalue weighted by molar-refractivity contribution is -0.129. The molecule has 3 N–H and O–H groups in total. The number of hydrogen-bond acceptors (Lipinski definition) is 4. The maximum atomic E-state index is 10.9. The molecule has 0 saturated heterocycles. The van der Waals surface area contributed by atoms with E-state index in [1.54, 1.807) is 5.48 Å². The predicted molar refractivity (Wildman–Crippen MR) is 79.2 cm³/mol. The van der Waals surface area contributed by atoms with Crippen molar-refractivity contribution in [3.63, 3.8) is 0 Å². The number of ether oxygens (including phenoxy) is 1. The molecule has 0 atom stereocenters. The Morgan fingerprint density at radius 2 is 1.81 bits per heavy atom. The molecule has 21 heavy (non-hydrogen) atoms. The van der Waals surface area contributed by atoms with Gasteiger partial charge >= 0.3 is 0 Å². The van der Waals surface area contributed by atoms with Crippen LogP contribution in [0.3, 0.4) is 0 Å². The highest BCUT2D eigenvalue weighted by molar-refractivity contribution is 5.74. The van der Waals surface area contributed by atoms with Crippen molar-refractivity contribution in [2.75, 3.05) is 6.54 Å². The van der Waals surface area contributed by atoms with Gasteiger partial charge in [0.25, 0.3) is 0 Å². The van der Waals surface area contributed by atoms with Gasteiger partial charge in [-0.05, 0) is 29.8 Å². The minimum absolute atomic E-state index is 0.233. The lowest BCUT2D eigenvalue weighted by atomic mass is 10.2. The van der Waals surface area contributed by atoms with Crippen molar-refractivity contribution in [3.8, 4) is 11.5 Å². The Balaban J connectivity index is 1.85. The molecule has 0 aliphatic carbocycles. The van der Waals surface area contributed by atoms with Crippen LogP contribution in [0.1, 0.15) is 12.0 Å². The van der Waals surface area contributed by atoms with Gasteiger partial charge in [0.2, 0.25) is 5.91 Å². The molecule has 0 aliphatic rings. The number of amides is 1. The number of para-hydroxylation sites is 1. The van der Waals surface area contributed by atoms with Crippen molar-refractivity contribution < 1.29 is 14.7 Å². The maximum Gasteiger partial charge on any atom is 0.244 e. The topological polar surface area (TPSA) is 70.6 Å². The smallest absolute Gasteiger partial charge is 0.244 e. The Hall–Kier alpha value is -2.37. The Labute approximate surface area is 123 Å². The van der Waals surface area contributed by atoms with E-state index in [0.717, 1.165) is 17.1 Å². The SMILES string of the molecule is O=C(CCNCc1cccc(Oc2ccccc2)c1)NO. The van der Waals surface area contributed by atoms with Crippen molar-refractivity contribution in [1.29, 1.82) is 0 Å². The van der Waals surface area contributed by atoms with Gasteiger partial charge in [-0.2, -0.15) is 0 Å². The van der Waals surface area contributed by atoms with Crippen molar-refractivity contribution in [3.05, 3.63) is 60.2 Å². The van der Waals surface area contributed by atoms with Gasteiger partial charge in [-0.3, -0.25) is 10.0 Å². The van der Waals surface area contributed by atoms with E-state index in [2.05, 4.69) is 5.32 Å². The zero-order chi connectivity index (χ0) is 14.9. The van der Waals surface area contributed by atoms with Crippen LogP contribution >= 0.6 is 0 Å². The number of carbonyl (C=O) groups is 1. The largest absolute Gasteiger partial charge is 0.457 e. The Bertz CT molecular complexity index is 573. The number of nitrogens with one attached hydrogen (secondary N) is 2. The second-order valence-corrected chi connectivity index (χ2v) is 4.52. The molecule has 0 radical (unpaired) electrons. The molecule has 0 heterocycles. The molecular formula is C16H18N2O3. The first-order valence-corrected chi connectivity index (χ1v) is 6.73. The van der Waals surface area contributed by atoms with Crippen LogP contribution in [0.4, 0.5) is 0 Å². The van der Waals surface area contributed by atoms with Crippen LogP contribution in [0.2, 0.25) is 0 Å². The first-order valence-electron chi connectivity index (χ1n) is 6.73. The molecule has 0 aliphatic heterocycles. The number of hydroxylamine groups is 1. The Kier molecular flexibility index (Phi) is 5.75. The van der Waals surface area contributed by atoms with Gasteiger partial charge in [0.05, 0.1) is 0 Å². The van der Waals surface area contributed by atoms with E-state index in [1.807, 2.05) is 54.6 Å². The summed E-state index contributed by atoms with van der Waals surface area (Å²) < 4.78 is 5.76. The van der Waals surface area contributed by atoms with Crippen molar-refractivity contribution in [2.24, 2.45) is 0 Å². The number of rotatable bonds is 7. The Morgan fingerprint density at radius 1 is 1.05 bits per heavy atom. The molecule has 0 aromatic heterocycles. The highest BCUT2D eigenvalue weighted by atomic mass is 16.5. The third-order valence-corrected chi connectivity index (χ3v) is 2.86. The van der Waals surface area contributed by atoms with E-state index in [9.17, 15) is 4.79 Å². The standard InChI is InChI=1S/C16H18N2O3/c19-16(18-20)9-10-17-12-13-5-4-8-15(11-13)21-14-6-2-1-3-7-14/h1-8,11,17,20H,9-10,12H2,(H,18,19). The minimum atomic E-state index is -0.399. The van der Waals surface area contributed by atoms with Crippen LogP contribution < -0.4 is 15.5 Å². The van der Waals surface area contributed by atoms with E-state index in [0.29, 0.717) is 13.1 Å². The minimum Gasteiger partial charge on any atom is -0.457 e. The van der Waals surface area contributed by atoms with E-state index < -0.39 is 5.91 Å². The van der Waals surface area contributed by atoms with Crippen LogP contribution in [0, 0.1) is 0 Å². The average molecular weight is 286 g/mol. The molecular weight excluding hydrogens is 268 g/mol. The van der Waals surface area contributed by atoms with Crippen molar-refractivity contribution in [2.45, 2.75) is 13.0 Å². The Morgan fingerprint density at radius 3 is 2.57 bits per heavy atom. The molecule has 2 aromatic rings. The first-order chi connectivity index (χ1) is 10.3. The lowest BCUT2D eigenvalue weighted by Crippen LogP contribution is -2.24. The van der Waals surface area contributed by atoms with Crippen LogP contribution in [0.25, 0.3) is 0 Å². The fourth-order valence-electron chi connectivity index (χ4n) is 1.83. The van der Waals surface area contributed by atoms with E-state index in [-0.39, 0.29) is 6.42 Å². The van der Waals surface area contributed by atoms with Gasteiger partial charge in [0, 0.05) is 19.5 Å². The zero-order valence-corrected chi connectivity index (χ0v) is 11.6. The second-order valence-electron chi connectivity index (χ2n) is 4.52. The van der Waals surface area contributed by atoms with Crippen LogP contribution in [-0.2, 0) is 11.3 Å². The highest BCUT2D eigenvalue weighted by Gasteiger charge is 2.00. The summed E-state index contributed by atoms with van der Waals surface area (Å²) in [5, 5.41) is 11.5. The summed E-state index contributed by atoms with van der Waals surface area (Å²) in [7, 11) is 0. The lowest BCUT2D eigenvalue weighted by Gasteiger charge is -2.08. The van der Waals surface area contributed by atoms with Gasteiger partial charge in [0.15, 0.2) is 0 Å². The van der Waals surface area contributed by atoms with Gasteiger partial charge in [-0.25, -0.2) is 5.48 Å². The van der Waals surface area contributed by atoms with Crippen molar-refractivity contribution >= 4 is 5.91 Å². The van der Waals surface area contributed by atoms with E-state index >= 15 is 0 Å². The van der Waals surface area contributed by atoms with Gasteiger partial charge < -0.3 is 10.1 Å². The summed E-state index contributed by atoms with van der Waals surface area (Å²) in [6, 6.07) is 17.3. The van der Waals surface area contributed by atoms with Crippen LogP contribution in [0.5, 0.6) is 11.5 Å². The van der Waals surface area contributed by atoms with Gasteiger partial charge in [-0.15, -0.1) is 0 Å². The summed E-state index contributed by atoms with van der Waals surface area (Å²) in [6.07, 6.45) is 0.233. The highest BCUT2D eigenvalue weighted by Crippen LogP contribution is 2.21. The fourth-order valence-corrected chi connectivity index (χ4v) is 1.83. The normalized spacial score (nSPS) is 10.1. The average Bonchev–Trinajstić information content (AvgIpc) is 2.52. The predicted octanol–water partition coefficient (Wildman–Crippen LogP) is 2.46. The fraction of sp³-hybridized carbons (Fsp3) is 0.188. The molecule has 2 rings (SSSR count). The molecule has 0 fully saturated rings. The molecule has 2 aromatic carbocycles. The monoisotopic (exact) mass is 286 g/mol. The molecule has 1 amide bonds. The quantitative estimate of drug-likeness (QED) is 0.415. The van der Waals surface area contributed by atoms with E-state index in [1.165, 1.54) is 0 Å². The summed E-state index contributed by atoms with van der Waals surface area (Å²) in [6.45, 7) is 1.13. The molecule has 0 spiro atoms. The molecule has 0 saturated carbocycles. The number of benzene rings is 2. The second kappa shape index (κ2) is 8.04. The van der Waals surface area contributed by atoms with E-state index in [4.69, 9.17) is 9.94 Å². The molecule has 0 unspecified atom stereocenters. The summed E-state index contributed by atoms with van der Waals surface area (Å²) in [5.74, 6) is 1.17. The van der Waals surface area contributed by atoms with Crippen LogP contribution in [0.15, 0.2) is 54.6 Å². The third kappa shape index (κ3) is 5.25. The summed E-state index contributed by atoms with van der Waals surface area (Å²) >= 11 is 0. The third-order valence-electron chi connectivity index (χ3n) is 2.86. The molecule has 0 bridgehead atoms. The van der Waals surface area contributed by atoms with Gasteiger partial charge in [-0.1, -0.05) is 30.3 Å². The molecule has 110 valence electrons. The van der Waals surface area contributed by atoms with Gasteiger partial charge in [0.1, 0.15) is 11.5 Å². The maximum absolute atomic E-state index is 10.9. The summed E-state index contributed by atoms with van der Waals surface area (Å²) in [4.78, 5) is 10.9.